The van der Waals surface area contributed by atoms with Gasteiger partial charge in [-0.25, -0.2) is 9.78 Å². The Hall–Kier alpha value is -2.26. The number of furan rings is 1. The molecule has 0 spiro atoms. The van der Waals surface area contributed by atoms with E-state index in [1.54, 1.807) is 6.92 Å². The molecule has 3 aromatic heterocycles. The van der Waals surface area contributed by atoms with Crippen LogP contribution in [0.25, 0.3) is 11.1 Å². The minimum Gasteiger partial charge on any atom is -0.455 e. The highest BCUT2D eigenvalue weighted by molar-refractivity contribution is 7.10. The summed E-state index contributed by atoms with van der Waals surface area (Å²) in [5.74, 6) is -0.441. The number of aromatic nitrogens is 4. The molecule has 114 valence electrons. The molecule has 3 heterocycles. The van der Waals surface area contributed by atoms with Gasteiger partial charge in [0.15, 0.2) is 0 Å². The predicted octanol–water partition coefficient (Wildman–Crippen LogP) is 1.70. The van der Waals surface area contributed by atoms with Gasteiger partial charge in [-0.15, -0.1) is 5.10 Å². The van der Waals surface area contributed by atoms with E-state index in [0.717, 1.165) is 11.5 Å². The fourth-order valence-electron chi connectivity index (χ4n) is 1.92. The van der Waals surface area contributed by atoms with E-state index in [0.29, 0.717) is 10.0 Å². The highest BCUT2D eigenvalue weighted by Crippen LogP contribution is 2.23. The van der Waals surface area contributed by atoms with E-state index in [2.05, 4.69) is 14.6 Å². The number of hydrogen-bond acceptors (Lipinski definition) is 8. The minimum absolute atomic E-state index is 0.0583. The lowest BCUT2D eigenvalue weighted by atomic mass is 10.2. The molecule has 0 amide bonds. The van der Waals surface area contributed by atoms with Gasteiger partial charge in [-0.2, -0.15) is 0 Å². The Balaban J connectivity index is 1.97. The van der Waals surface area contributed by atoms with Crippen LogP contribution >= 0.6 is 23.1 Å². The van der Waals surface area contributed by atoms with Gasteiger partial charge in [0.05, 0.1) is 0 Å². The smallest absolute Gasteiger partial charge is 0.343 e. The molecule has 0 aliphatic rings. The summed E-state index contributed by atoms with van der Waals surface area (Å²) < 4.78 is 15.7. The molecular formula is C12H9ClN4O4S. The van der Waals surface area contributed by atoms with Gasteiger partial charge in [0.2, 0.25) is 5.71 Å². The van der Waals surface area contributed by atoms with Gasteiger partial charge in [-0.3, -0.25) is 4.79 Å². The molecule has 3 rings (SSSR count). The molecule has 0 unspecified atom stereocenters. The van der Waals surface area contributed by atoms with Crippen molar-refractivity contribution in [2.45, 2.75) is 13.5 Å². The largest absolute Gasteiger partial charge is 0.455 e. The van der Waals surface area contributed by atoms with Gasteiger partial charge in [-0.1, -0.05) is 16.1 Å². The Bertz CT molecular complexity index is 929. The maximum absolute atomic E-state index is 12.3. The summed E-state index contributed by atoms with van der Waals surface area (Å²) in [7, 11) is 1.53. The zero-order chi connectivity index (χ0) is 15.9. The molecule has 0 saturated heterocycles. The third kappa shape index (κ3) is 2.38. The first kappa shape index (κ1) is 14.7. The van der Waals surface area contributed by atoms with Crippen LogP contribution in [0.4, 0.5) is 0 Å². The van der Waals surface area contributed by atoms with Crippen molar-refractivity contribution in [1.82, 2.24) is 19.1 Å². The summed E-state index contributed by atoms with van der Waals surface area (Å²) in [6, 6.07) is 0. The molecule has 8 nitrogen and oxygen atoms in total. The van der Waals surface area contributed by atoms with Crippen LogP contribution in [-0.4, -0.2) is 25.1 Å². The molecule has 0 bridgehead atoms. The lowest BCUT2D eigenvalue weighted by Gasteiger charge is -2.02. The zero-order valence-corrected chi connectivity index (χ0v) is 13.1. The number of hydrogen-bond donors (Lipinski definition) is 0. The maximum atomic E-state index is 12.3. The lowest BCUT2D eigenvalue weighted by molar-refractivity contribution is 0.0468. The van der Waals surface area contributed by atoms with Crippen LogP contribution in [0, 0.1) is 6.92 Å². The van der Waals surface area contributed by atoms with Crippen molar-refractivity contribution in [1.29, 1.82) is 0 Å². The molecule has 0 aliphatic heterocycles. The Morgan fingerprint density at radius 3 is 3.00 bits per heavy atom. The zero-order valence-electron chi connectivity index (χ0n) is 11.5. The second-order valence-electron chi connectivity index (χ2n) is 4.44. The van der Waals surface area contributed by atoms with Crippen LogP contribution in [0.1, 0.15) is 21.8 Å². The van der Waals surface area contributed by atoms with Gasteiger partial charge in [0, 0.05) is 18.6 Å². The van der Waals surface area contributed by atoms with Crippen molar-refractivity contribution < 1.29 is 13.9 Å². The average molecular weight is 341 g/mol. The first-order valence-electron chi connectivity index (χ1n) is 6.07. The SMILES string of the molecule is Cc1oc2ncn(C)c(=O)c2c1C(=O)OCc1nnsc1Cl. The number of carbonyl (C=O) groups excluding carboxylic acids is 1. The molecule has 10 heteroatoms. The monoisotopic (exact) mass is 340 g/mol. The molecule has 0 fully saturated rings. The van der Waals surface area contributed by atoms with Crippen molar-refractivity contribution in [3.05, 3.63) is 38.0 Å². The second kappa shape index (κ2) is 5.50. The molecular weight excluding hydrogens is 332 g/mol. The van der Waals surface area contributed by atoms with E-state index < -0.39 is 5.97 Å². The van der Waals surface area contributed by atoms with Crippen LogP contribution in [0.15, 0.2) is 15.5 Å². The normalized spacial score (nSPS) is 11.0. The number of carbonyl (C=O) groups is 1. The van der Waals surface area contributed by atoms with E-state index in [-0.39, 0.29) is 34.6 Å². The first-order chi connectivity index (χ1) is 10.5. The van der Waals surface area contributed by atoms with E-state index in [1.807, 2.05) is 0 Å². The number of halogens is 1. The molecule has 0 N–H and O–H groups in total. The fourth-order valence-corrected chi connectivity index (χ4v) is 2.52. The highest BCUT2D eigenvalue weighted by atomic mass is 35.5. The van der Waals surface area contributed by atoms with Gasteiger partial charge in [-0.05, 0) is 6.92 Å². The Labute approximate surface area is 132 Å². The third-order valence-corrected chi connectivity index (χ3v) is 3.99. The van der Waals surface area contributed by atoms with Gasteiger partial charge >= 0.3 is 5.97 Å². The Morgan fingerprint density at radius 2 is 2.32 bits per heavy atom. The van der Waals surface area contributed by atoms with Crippen molar-refractivity contribution in [2.75, 3.05) is 0 Å². The van der Waals surface area contributed by atoms with Gasteiger partial charge in [0.25, 0.3) is 5.56 Å². The van der Waals surface area contributed by atoms with Crippen LogP contribution in [0.5, 0.6) is 0 Å². The summed E-state index contributed by atoms with van der Waals surface area (Å²) in [4.78, 5) is 28.4. The summed E-state index contributed by atoms with van der Waals surface area (Å²) in [6.07, 6.45) is 1.32. The van der Waals surface area contributed by atoms with E-state index >= 15 is 0 Å². The molecule has 0 aliphatic carbocycles. The lowest BCUT2D eigenvalue weighted by Crippen LogP contribution is -2.19. The second-order valence-corrected chi connectivity index (χ2v) is 5.80. The third-order valence-electron chi connectivity index (χ3n) is 3.00. The van der Waals surface area contributed by atoms with Gasteiger partial charge in [0.1, 0.15) is 39.7 Å². The van der Waals surface area contributed by atoms with E-state index in [9.17, 15) is 9.59 Å². The number of aryl methyl sites for hydroxylation is 2. The number of esters is 1. The summed E-state index contributed by atoms with van der Waals surface area (Å²) in [6.45, 7) is 1.43. The van der Waals surface area contributed by atoms with E-state index in [1.165, 1.54) is 17.9 Å². The van der Waals surface area contributed by atoms with Crippen LogP contribution in [0.3, 0.4) is 0 Å². The van der Waals surface area contributed by atoms with Crippen molar-refractivity contribution >= 4 is 40.2 Å². The Kier molecular flexibility index (Phi) is 3.67. The molecule has 0 aromatic carbocycles. The quantitative estimate of drug-likeness (QED) is 0.669. The number of ether oxygens (including phenoxy) is 1. The molecule has 0 radical (unpaired) electrons. The van der Waals surface area contributed by atoms with Crippen LogP contribution in [0.2, 0.25) is 4.34 Å². The van der Waals surface area contributed by atoms with Crippen LogP contribution in [-0.2, 0) is 18.4 Å². The summed E-state index contributed by atoms with van der Waals surface area (Å²) in [5, 5.41) is 3.84. The summed E-state index contributed by atoms with van der Waals surface area (Å²) >= 11 is 6.84. The van der Waals surface area contributed by atoms with Gasteiger partial charge < -0.3 is 13.7 Å². The van der Waals surface area contributed by atoms with Crippen molar-refractivity contribution in [3.8, 4) is 0 Å². The van der Waals surface area contributed by atoms with E-state index in [4.69, 9.17) is 20.8 Å². The van der Waals surface area contributed by atoms with Crippen LogP contribution < -0.4 is 5.56 Å². The molecule has 3 aromatic rings. The Morgan fingerprint density at radius 1 is 1.55 bits per heavy atom. The molecule has 22 heavy (non-hydrogen) atoms. The topological polar surface area (TPSA) is 100 Å². The number of fused-ring (bicyclic) bond motifs is 1. The van der Waals surface area contributed by atoms with Crippen molar-refractivity contribution in [2.24, 2.45) is 7.05 Å². The number of nitrogens with zero attached hydrogens (tertiary/aromatic N) is 4. The summed E-state index contributed by atoms with van der Waals surface area (Å²) in [5.41, 5.74) is 0.127. The average Bonchev–Trinajstić information content (AvgIpc) is 3.04. The number of rotatable bonds is 3. The highest BCUT2D eigenvalue weighted by Gasteiger charge is 2.24. The predicted molar refractivity (Wildman–Crippen MR) is 78.0 cm³/mol. The van der Waals surface area contributed by atoms with Crippen molar-refractivity contribution in [3.63, 3.8) is 0 Å². The molecule has 0 atom stereocenters. The first-order valence-corrected chi connectivity index (χ1v) is 7.22. The maximum Gasteiger partial charge on any atom is 0.343 e. The minimum atomic E-state index is -0.703. The fraction of sp³-hybridized carbons (Fsp3) is 0.250. The molecule has 0 saturated carbocycles. The standard InChI is InChI=1S/C12H9ClN4O4S/c1-5-7(8-10(21-5)14-4-17(2)11(8)18)12(19)20-3-6-9(13)22-16-15-6/h4H,3H2,1-2H3.